The number of piperazine rings is 1. The number of para-hydroxylation sites is 1. The molecule has 8 heteroatoms. The summed E-state index contributed by atoms with van der Waals surface area (Å²) in [6.45, 7) is 3.33. The Kier molecular flexibility index (Phi) is 7.60. The second-order valence-electron chi connectivity index (χ2n) is 6.06. The zero-order valence-electron chi connectivity index (χ0n) is 14.9. The Balaban J connectivity index is 0.00000261. The number of hydrogen-bond acceptors (Lipinski definition) is 4. The Morgan fingerprint density at radius 1 is 1.00 bits per heavy atom. The van der Waals surface area contributed by atoms with Crippen LogP contribution in [0.15, 0.2) is 48.5 Å². The van der Waals surface area contributed by atoms with Crippen molar-refractivity contribution < 1.29 is 9.59 Å². The minimum absolute atomic E-state index is 0. The zero-order valence-corrected chi connectivity index (χ0v) is 15.7. The largest absolute Gasteiger partial charge is 0.326 e. The fourth-order valence-corrected chi connectivity index (χ4v) is 2.79. The maximum atomic E-state index is 12.4. The van der Waals surface area contributed by atoms with Crippen LogP contribution in [-0.2, 0) is 6.54 Å². The smallest absolute Gasteiger partial charge is 0.321 e. The minimum atomic E-state index is -0.217. The molecule has 27 heavy (non-hydrogen) atoms. The van der Waals surface area contributed by atoms with Crippen LogP contribution in [0.25, 0.3) is 0 Å². The lowest BCUT2D eigenvalue weighted by Crippen LogP contribution is -2.48. The first kappa shape index (κ1) is 20.7. The lowest BCUT2D eigenvalue weighted by molar-refractivity contribution is 0.102. The van der Waals surface area contributed by atoms with E-state index in [0.29, 0.717) is 36.6 Å². The highest BCUT2D eigenvalue weighted by atomic mass is 35.5. The summed E-state index contributed by atoms with van der Waals surface area (Å²) in [6.07, 6.45) is 0. The first-order valence-electron chi connectivity index (χ1n) is 8.63. The van der Waals surface area contributed by atoms with Crippen LogP contribution in [0.2, 0.25) is 0 Å². The van der Waals surface area contributed by atoms with Gasteiger partial charge in [0.1, 0.15) is 0 Å². The summed E-state index contributed by atoms with van der Waals surface area (Å²) in [5, 5.41) is 8.93. The van der Waals surface area contributed by atoms with E-state index in [2.05, 4.69) is 16.0 Å². The molecule has 0 saturated carbocycles. The molecule has 3 amide bonds. The molecule has 1 fully saturated rings. The van der Waals surface area contributed by atoms with Gasteiger partial charge < -0.3 is 26.6 Å². The maximum absolute atomic E-state index is 12.4. The van der Waals surface area contributed by atoms with Crippen molar-refractivity contribution in [2.45, 2.75) is 6.54 Å². The summed E-state index contributed by atoms with van der Waals surface area (Å²) in [5.41, 5.74) is 8.44. The van der Waals surface area contributed by atoms with Gasteiger partial charge in [0.15, 0.2) is 0 Å². The van der Waals surface area contributed by atoms with Crippen molar-refractivity contribution in [2.75, 3.05) is 36.8 Å². The quantitative estimate of drug-likeness (QED) is 0.644. The number of nitrogens with zero attached hydrogens (tertiary/aromatic N) is 1. The average molecular weight is 390 g/mol. The number of nitrogens with two attached hydrogens (primary N) is 1. The topological polar surface area (TPSA) is 99.5 Å². The zero-order chi connectivity index (χ0) is 18.4. The van der Waals surface area contributed by atoms with Gasteiger partial charge in [0.25, 0.3) is 5.91 Å². The summed E-state index contributed by atoms with van der Waals surface area (Å²) in [4.78, 5) is 26.4. The number of carbonyl (C=O) groups is 2. The highest BCUT2D eigenvalue weighted by molar-refractivity contribution is 6.05. The molecule has 3 rings (SSSR count). The van der Waals surface area contributed by atoms with Crippen LogP contribution in [0.4, 0.5) is 16.2 Å². The average Bonchev–Trinajstić information content (AvgIpc) is 2.69. The fourth-order valence-electron chi connectivity index (χ4n) is 2.79. The Bertz CT molecular complexity index is 776. The van der Waals surface area contributed by atoms with E-state index in [1.807, 2.05) is 24.3 Å². The first-order chi connectivity index (χ1) is 12.7. The van der Waals surface area contributed by atoms with Crippen molar-refractivity contribution in [3.05, 3.63) is 59.7 Å². The molecule has 1 saturated heterocycles. The molecule has 2 aromatic rings. The van der Waals surface area contributed by atoms with E-state index in [0.717, 1.165) is 18.7 Å². The van der Waals surface area contributed by atoms with Gasteiger partial charge in [0, 0.05) is 49.7 Å². The van der Waals surface area contributed by atoms with Crippen molar-refractivity contribution >= 4 is 35.7 Å². The van der Waals surface area contributed by atoms with E-state index >= 15 is 0 Å². The number of amides is 3. The third-order valence-corrected chi connectivity index (χ3v) is 4.29. The van der Waals surface area contributed by atoms with Gasteiger partial charge in [-0.25, -0.2) is 4.79 Å². The van der Waals surface area contributed by atoms with Crippen LogP contribution in [0.1, 0.15) is 15.9 Å². The van der Waals surface area contributed by atoms with Gasteiger partial charge in [-0.05, 0) is 35.9 Å². The molecule has 0 radical (unpaired) electrons. The molecule has 0 aromatic heterocycles. The summed E-state index contributed by atoms with van der Waals surface area (Å²) in [6, 6.07) is 14.1. The van der Waals surface area contributed by atoms with Crippen molar-refractivity contribution in [3.63, 3.8) is 0 Å². The Morgan fingerprint density at radius 3 is 2.33 bits per heavy atom. The lowest BCUT2D eigenvalue weighted by Gasteiger charge is -2.27. The van der Waals surface area contributed by atoms with Crippen molar-refractivity contribution in [3.8, 4) is 0 Å². The second kappa shape index (κ2) is 9.91. The van der Waals surface area contributed by atoms with E-state index in [-0.39, 0.29) is 24.3 Å². The minimum Gasteiger partial charge on any atom is -0.326 e. The molecule has 7 nitrogen and oxygen atoms in total. The predicted octanol–water partition coefficient (Wildman–Crippen LogP) is 2.26. The first-order valence-corrected chi connectivity index (χ1v) is 8.63. The number of anilines is 2. The number of benzene rings is 2. The number of halogens is 1. The Morgan fingerprint density at radius 2 is 1.67 bits per heavy atom. The Hall–Kier alpha value is -2.61. The summed E-state index contributed by atoms with van der Waals surface area (Å²) >= 11 is 0. The third-order valence-electron chi connectivity index (χ3n) is 4.29. The van der Waals surface area contributed by atoms with Gasteiger partial charge >= 0.3 is 6.03 Å². The standard InChI is InChI=1S/C19H23N5O2.ClH/c20-13-15-3-1-2-4-17(15)23-18(25)14-5-7-16(8-6-14)22-19(26)24-11-9-21-10-12-24;/h1-8,21H,9-13,20H2,(H,22,26)(H,23,25);1H. The monoisotopic (exact) mass is 389 g/mol. The molecule has 5 N–H and O–H groups in total. The maximum Gasteiger partial charge on any atom is 0.321 e. The van der Waals surface area contributed by atoms with Crippen molar-refractivity contribution in [1.82, 2.24) is 10.2 Å². The van der Waals surface area contributed by atoms with Crippen LogP contribution in [0.5, 0.6) is 0 Å². The molecule has 1 heterocycles. The summed E-state index contributed by atoms with van der Waals surface area (Å²) in [5.74, 6) is -0.217. The number of nitrogens with one attached hydrogen (secondary N) is 3. The summed E-state index contributed by atoms with van der Waals surface area (Å²) < 4.78 is 0. The highest BCUT2D eigenvalue weighted by Gasteiger charge is 2.16. The molecule has 144 valence electrons. The van der Waals surface area contributed by atoms with E-state index in [4.69, 9.17) is 5.73 Å². The van der Waals surface area contributed by atoms with E-state index < -0.39 is 0 Å². The molecule has 2 aromatic carbocycles. The number of rotatable bonds is 4. The lowest BCUT2D eigenvalue weighted by atomic mass is 10.1. The van der Waals surface area contributed by atoms with Crippen LogP contribution in [0.3, 0.4) is 0 Å². The molecule has 0 bridgehead atoms. The summed E-state index contributed by atoms with van der Waals surface area (Å²) in [7, 11) is 0. The normalized spacial score (nSPS) is 13.4. The SMILES string of the molecule is Cl.NCc1ccccc1NC(=O)c1ccc(NC(=O)N2CCNCC2)cc1. The number of hydrogen-bond donors (Lipinski definition) is 4. The third kappa shape index (κ3) is 5.43. The molecule has 0 unspecified atom stereocenters. The van der Waals surface area contributed by atoms with Gasteiger partial charge in [0.2, 0.25) is 0 Å². The van der Waals surface area contributed by atoms with Gasteiger partial charge in [-0.2, -0.15) is 0 Å². The molecular formula is C19H24ClN5O2. The van der Waals surface area contributed by atoms with E-state index in [1.54, 1.807) is 29.2 Å². The van der Waals surface area contributed by atoms with Crippen LogP contribution in [-0.4, -0.2) is 43.0 Å². The molecule has 0 spiro atoms. The van der Waals surface area contributed by atoms with Gasteiger partial charge in [0.05, 0.1) is 0 Å². The molecule has 1 aliphatic rings. The second-order valence-corrected chi connectivity index (χ2v) is 6.06. The van der Waals surface area contributed by atoms with Crippen molar-refractivity contribution in [2.24, 2.45) is 5.73 Å². The van der Waals surface area contributed by atoms with Gasteiger partial charge in [-0.15, -0.1) is 12.4 Å². The van der Waals surface area contributed by atoms with Crippen molar-refractivity contribution in [1.29, 1.82) is 0 Å². The fraction of sp³-hybridized carbons (Fsp3) is 0.263. The van der Waals surface area contributed by atoms with Crippen LogP contribution < -0.4 is 21.7 Å². The van der Waals surface area contributed by atoms with E-state index in [1.165, 1.54) is 0 Å². The molecule has 1 aliphatic heterocycles. The number of carbonyl (C=O) groups excluding carboxylic acids is 2. The van der Waals surface area contributed by atoms with Gasteiger partial charge in [-0.1, -0.05) is 18.2 Å². The Labute approximate surface area is 164 Å². The number of urea groups is 1. The molecular weight excluding hydrogens is 366 g/mol. The molecule has 0 atom stereocenters. The van der Waals surface area contributed by atoms with Gasteiger partial charge in [-0.3, -0.25) is 4.79 Å². The van der Waals surface area contributed by atoms with E-state index in [9.17, 15) is 9.59 Å². The molecule has 0 aliphatic carbocycles. The highest BCUT2D eigenvalue weighted by Crippen LogP contribution is 2.17. The van der Waals surface area contributed by atoms with Crippen LogP contribution >= 0.6 is 12.4 Å². The van der Waals surface area contributed by atoms with Crippen LogP contribution in [0, 0.1) is 0 Å². The predicted molar refractivity (Wildman–Crippen MR) is 109 cm³/mol.